The van der Waals surface area contributed by atoms with E-state index in [9.17, 15) is 13.2 Å². The SMILES string of the molecule is C[C@@H](C(=O)NCc1ccc2c(c1)OCO2)N1CCN(S(=O)(=O)c2ccc(Cl)s2)CC1. The van der Waals surface area contributed by atoms with Crippen molar-refractivity contribution in [3.05, 3.63) is 40.2 Å². The van der Waals surface area contributed by atoms with Crippen molar-refractivity contribution in [2.24, 2.45) is 0 Å². The molecule has 2 aliphatic rings. The Morgan fingerprint density at radius 3 is 2.60 bits per heavy atom. The van der Waals surface area contributed by atoms with Crippen molar-refractivity contribution < 1.29 is 22.7 Å². The van der Waals surface area contributed by atoms with Gasteiger partial charge in [0.15, 0.2) is 11.5 Å². The third kappa shape index (κ3) is 4.42. The number of piperazine rings is 1. The number of carbonyl (C=O) groups is 1. The zero-order valence-electron chi connectivity index (χ0n) is 16.3. The van der Waals surface area contributed by atoms with E-state index < -0.39 is 10.0 Å². The molecule has 1 aromatic heterocycles. The van der Waals surface area contributed by atoms with Gasteiger partial charge in [0.05, 0.1) is 10.4 Å². The first-order valence-electron chi connectivity index (χ1n) is 9.50. The summed E-state index contributed by atoms with van der Waals surface area (Å²) in [6, 6.07) is 8.32. The lowest BCUT2D eigenvalue weighted by Gasteiger charge is -2.36. The Hall–Kier alpha value is -1.85. The lowest BCUT2D eigenvalue weighted by Crippen LogP contribution is -2.54. The van der Waals surface area contributed by atoms with Crippen molar-refractivity contribution in [2.45, 2.75) is 23.7 Å². The second kappa shape index (κ2) is 8.72. The van der Waals surface area contributed by atoms with Crippen LogP contribution in [0, 0.1) is 0 Å². The molecule has 162 valence electrons. The number of carbonyl (C=O) groups excluding carboxylic acids is 1. The number of rotatable bonds is 6. The summed E-state index contributed by atoms with van der Waals surface area (Å²) >= 11 is 6.93. The average Bonchev–Trinajstić information content (AvgIpc) is 3.40. The Bertz CT molecular complexity index is 1030. The zero-order valence-corrected chi connectivity index (χ0v) is 18.7. The van der Waals surface area contributed by atoms with Gasteiger partial charge in [-0.1, -0.05) is 17.7 Å². The highest BCUT2D eigenvalue weighted by atomic mass is 35.5. The maximum Gasteiger partial charge on any atom is 0.252 e. The topological polar surface area (TPSA) is 88.2 Å². The molecule has 1 aromatic carbocycles. The molecule has 0 saturated carbocycles. The molecule has 0 unspecified atom stereocenters. The molecule has 0 spiro atoms. The van der Waals surface area contributed by atoms with Gasteiger partial charge in [0.2, 0.25) is 12.7 Å². The smallest absolute Gasteiger partial charge is 0.252 e. The molecule has 0 aliphatic carbocycles. The third-order valence-electron chi connectivity index (χ3n) is 5.25. The molecule has 11 heteroatoms. The number of sulfonamides is 1. The first kappa shape index (κ1) is 21.4. The van der Waals surface area contributed by atoms with E-state index in [1.54, 1.807) is 6.07 Å². The number of fused-ring (bicyclic) bond motifs is 1. The van der Waals surface area contributed by atoms with Crippen molar-refractivity contribution in [1.29, 1.82) is 0 Å². The number of thiophene rings is 1. The number of ether oxygens (including phenoxy) is 2. The summed E-state index contributed by atoms with van der Waals surface area (Å²) in [6.07, 6.45) is 0. The molecule has 1 atom stereocenters. The van der Waals surface area contributed by atoms with Gasteiger partial charge in [-0.3, -0.25) is 9.69 Å². The molecular formula is C19H22ClN3O5S2. The van der Waals surface area contributed by atoms with Crippen LogP contribution in [0.25, 0.3) is 0 Å². The van der Waals surface area contributed by atoms with Gasteiger partial charge in [-0.05, 0) is 36.8 Å². The van der Waals surface area contributed by atoms with Crippen LogP contribution in [0.3, 0.4) is 0 Å². The fourth-order valence-corrected chi connectivity index (χ4v) is 6.51. The number of hydrogen-bond donors (Lipinski definition) is 1. The van der Waals surface area contributed by atoms with Gasteiger partial charge < -0.3 is 14.8 Å². The van der Waals surface area contributed by atoms with Crippen LogP contribution in [-0.2, 0) is 21.4 Å². The summed E-state index contributed by atoms with van der Waals surface area (Å²) < 4.78 is 38.2. The van der Waals surface area contributed by atoms with Crippen LogP contribution in [0.5, 0.6) is 11.5 Å². The van der Waals surface area contributed by atoms with E-state index in [0.717, 1.165) is 16.9 Å². The fraction of sp³-hybridized carbons (Fsp3) is 0.421. The van der Waals surface area contributed by atoms with Crippen LogP contribution >= 0.6 is 22.9 Å². The van der Waals surface area contributed by atoms with Crippen LogP contribution in [-0.4, -0.2) is 62.5 Å². The van der Waals surface area contributed by atoms with Gasteiger partial charge in [-0.2, -0.15) is 4.31 Å². The van der Waals surface area contributed by atoms with E-state index >= 15 is 0 Å². The minimum Gasteiger partial charge on any atom is -0.454 e. The van der Waals surface area contributed by atoms with E-state index in [2.05, 4.69) is 5.32 Å². The van der Waals surface area contributed by atoms with Crippen LogP contribution in [0.4, 0.5) is 0 Å². The Morgan fingerprint density at radius 1 is 1.17 bits per heavy atom. The summed E-state index contributed by atoms with van der Waals surface area (Å²) in [7, 11) is -3.54. The first-order valence-corrected chi connectivity index (χ1v) is 12.1. The van der Waals surface area contributed by atoms with E-state index in [4.69, 9.17) is 21.1 Å². The Kier molecular flexibility index (Phi) is 6.21. The number of amides is 1. The minimum atomic E-state index is -3.54. The number of nitrogens with zero attached hydrogens (tertiary/aromatic N) is 2. The van der Waals surface area contributed by atoms with Crippen LogP contribution in [0.15, 0.2) is 34.5 Å². The summed E-state index contributed by atoms with van der Waals surface area (Å²) in [5.74, 6) is 1.28. The van der Waals surface area contributed by atoms with Crippen molar-refractivity contribution in [1.82, 2.24) is 14.5 Å². The van der Waals surface area contributed by atoms with Gasteiger partial charge >= 0.3 is 0 Å². The van der Waals surface area contributed by atoms with Crippen LogP contribution < -0.4 is 14.8 Å². The number of benzene rings is 1. The van der Waals surface area contributed by atoms with E-state index in [1.807, 2.05) is 30.0 Å². The van der Waals surface area contributed by atoms with Gasteiger partial charge in [-0.15, -0.1) is 11.3 Å². The molecule has 3 heterocycles. The highest BCUT2D eigenvalue weighted by molar-refractivity contribution is 7.91. The van der Waals surface area contributed by atoms with Crippen molar-refractivity contribution >= 4 is 38.9 Å². The Labute approximate surface area is 184 Å². The summed E-state index contributed by atoms with van der Waals surface area (Å²) in [5, 5.41) is 2.94. The Balaban J connectivity index is 1.29. The maximum absolute atomic E-state index is 12.7. The van der Waals surface area contributed by atoms with E-state index in [1.165, 1.54) is 10.4 Å². The van der Waals surface area contributed by atoms with Crippen LogP contribution in [0.1, 0.15) is 12.5 Å². The Morgan fingerprint density at radius 2 is 1.90 bits per heavy atom. The second-order valence-electron chi connectivity index (χ2n) is 7.08. The molecule has 30 heavy (non-hydrogen) atoms. The minimum absolute atomic E-state index is 0.103. The summed E-state index contributed by atoms with van der Waals surface area (Å²) in [6.45, 7) is 4.05. The predicted octanol–water partition coefficient (Wildman–Crippen LogP) is 2.14. The van der Waals surface area contributed by atoms with Crippen molar-refractivity contribution in [3.8, 4) is 11.5 Å². The molecule has 0 radical (unpaired) electrons. The molecule has 1 fully saturated rings. The predicted molar refractivity (Wildman–Crippen MR) is 114 cm³/mol. The second-order valence-corrected chi connectivity index (χ2v) is 11.0. The normalized spacial score (nSPS) is 18.3. The molecule has 2 aromatic rings. The monoisotopic (exact) mass is 471 g/mol. The zero-order chi connectivity index (χ0) is 21.3. The standard InChI is InChI=1S/C19H22ClN3O5S2/c1-13(19(24)21-11-14-2-3-15-16(10-14)28-12-27-15)22-6-8-23(9-7-22)30(25,26)18-5-4-17(20)29-18/h2-5,10,13H,6-9,11-12H2,1H3,(H,21,24)/t13-/m0/s1. The van der Waals surface area contributed by atoms with Gasteiger partial charge in [0, 0.05) is 32.7 Å². The third-order valence-corrected chi connectivity index (χ3v) is 8.84. The molecule has 4 rings (SSSR count). The molecule has 8 nitrogen and oxygen atoms in total. The van der Waals surface area contributed by atoms with E-state index in [-0.39, 0.29) is 23.0 Å². The molecular weight excluding hydrogens is 450 g/mol. The highest BCUT2D eigenvalue weighted by Gasteiger charge is 2.32. The number of halogens is 1. The van der Waals surface area contributed by atoms with Crippen molar-refractivity contribution in [3.63, 3.8) is 0 Å². The average molecular weight is 472 g/mol. The molecule has 1 amide bonds. The highest BCUT2D eigenvalue weighted by Crippen LogP contribution is 2.32. The summed E-state index contributed by atoms with van der Waals surface area (Å²) in [4.78, 5) is 14.6. The molecule has 0 bridgehead atoms. The first-order chi connectivity index (χ1) is 14.3. The van der Waals surface area contributed by atoms with Gasteiger partial charge in [0.1, 0.15) is 4.21 Å². The van der Waals surface area contributed by atoms with Crippen LogP contribution in [0.2, 0.25) is 4.34 Å². The van der Waals surface area contributed by atoms with E-state index in [0.29, 0.717) is 48.6 Å². The molecule has 2 aliphatic heterocycles. The maximum atomic E-state index is 12.7. The number of hydrogen-bond acceptors (Lipinski definition) is 7. The van der Waals surface area contributed by atoms with Gasteiger partial charge in [0.25, 0.3) is 10.0 Å². The number of nitrogens with one attached hydrogen (secondary N) is 1. The van der Waals surface area contributed by atoms with Gasteiger partial charge in [-0.25, -0.2) is 8.42 Å². The lowest BCUT2D eigenvalue weighted by atomic mass is 10.2. The fourth-order valence-electron chi connectivity index (χ4n) is 3.45. The largest absolute Gasteiger partial charge is 0.454 e. The summed E-state index contributed by atoms with van der Waals surface area (Å²) in [5.41, 5.74) is 0.922. The lowest BCUT2D eigenvalue weighted by molar-refractivity contribution is -0.126. The molecule has 1 N–H and O–H groups in total. The quantitative estimate of drug-likeness (QED) is 0.694. The van der Waals surface area contributed by atoms with Crippen molar-refractivity contribution in [2.75, 3.05) is 33.0 Å². The molecule has 1 saturated heterocycles.